The Hall–Kier alpha value is -1.04. The number of allylic oxidation sites excluding steroid dienone is 1. The molecule has 1 aromatic rings. The zero-order valence-electron chi connectivity index (χ0n) is 13.9. The van der Waals surface area contributed by atoms with E-state index in [4.69, 9.17) is 0 Å². The minimum absolute atomic E-state index is 1.13. The molecule has 0 aliphatic heterocycles. The smallest absolute Gasteiger partial charge is 0.00882 e. The van der Waals surface area contributed by atoms with E-state index in [0.29, 0.717) is 0 Å². The third-order valence-corrected chi connectivity index (χ3v) is 4.66. The van der Waals surface area contributed by atoms with Gasteiger partial charge in [-0.15, -0.1) is 0 Å². The molecule has 0 nitrogen and oxygen atoms in total. The van der Waals surface area contributed by atoms with Crippen LogP contribution in [-0.4, -0.2) is 0 Å². The Balaban J connectivity index is 1.47. The quantitative estimate of drug-likeness (QED) is 0.396. The van der Waals surface area contributed by atoms with Crippen molar-refractivity contribution in [3.63, 3.8) is 0 Å². The Bertz CT molecular complexity index is 428. The fourth-order valence-corrected chi connectivity index (χ4v) is 3.27. The molecule has 0 N–H and O–H groups in total. The second-order valence-corrected chi connectivity index (χ2v) is 6.57. The Morgan fingerprint density at radius 3 is 2.19 bits per heavy atom. The topological polar surface area (TPSA) is 0 Å². The van der Waals surface area contributed by atoms with Gasteiger partial charge in [0.2, 0.25) is 0 Å². The first kappa shape index (κ1) is 16.3. The van der Waals surface area contributed by atoms with Crippen LogP contribution in [0.5, 0.6) is 0 Å². The maximum Gasteiger partial charge on any atom is -0.00882 e. The molecular formula is C21H32. The second kappa shape index (κ2) is 9.82. The first-order chi connectivity index (χ1) is 10.4. The normalized spacial score (nSPS) is 12.8. The number of benzene rings is 1. The van der Waals surface area contributed by atoms with E-state index < -0.39 is 0 Å². The van der Waals surface area contributed by atoms with Crippen molar-refractivity contribution in [1.82, 2.24) is 0 Å². The van der Waals surface area contributed by atoms with E-state index in [1.807, 2.05) is 0 Å². The zero-order chi connectivity index (χ0) is 14.8. The third-order valence-electron chi connectivity index (χ3n) is 4.66. The van der Waals surface area contributed by atoms with E-state index in [-0.39, 0.29) is 0 Å². The molecule has 1 aromatic carbocycles. The predicted octanol–water partition coefficient (Wildman–Crippen LogP) is 6.72. The minimum atomic E-state index is 1.13. The third kappa shape index (κ3) is 6.08. The van der Waals surface area contributed by atoms with E-state index >= 15 is 0 Å². The van der Waals surface area contributed by atoms with Crippen LogP contribution in [0.25, 0.3) is 6.08 Å². The molecule has 0 heteroatoms. The lowest BCUT2D eigenvalue weighted by Crippen LogP contribution is -1.89. The van der Waals surface area contributed by atoms with Crippen LogP contribution in [0.15, 0.2) is 24.3 Å². The Morgan fingerprint density at radius 2 is 1.48 bits per heavy atom. The lowest BCUT2D eigenvalue weighted by Gasteiger charge is -2.05. The molecule has 2 rings (SSSR count). The van der Waals surface area contributed by atoms with Crippen LogP contribution in [0.3, 0.4) is 0 Å². The first-order valence-electron chi connectivity index (χ1n) is 9.18. The summed E-state index contributed by atoms with van der Waals surface area (Å²) in [6, 6.07) is 7.05. The Labute approximate surface area is 131 Å². The summed E-state index contributed by atoms with van der Waals surface area (Å²) >= 11 is 0. The molecule has 0 aromatic heterocycles. The van der Waals surface area contributed by atoms with E-state index in [1.165, 1.54) is 87.3 Å². The van der Waals surface area contributed by atoms with Gasteiger partial charge >= 0.3 is 0 Å². The van der Waals surface area contributed by atoms with Gasteiger partial charge in [0.15, 0.2) is 0 Å². The summed E-state index contributed by atoms with van der Waals surface area (Å²) in [5, 5.41) is 0. The fraction of sp³-hybridized carbons (Fsp3) is 0.619. The average Bonchev–Trinajstić information content (AvgIpc) is 2.97. The molecule has 1 aliphatic carbocycles. The summed E-state index contributed by atoms with van der Waals surface area (Å²) in [5.74, 6) is 0. The van der Waals surface area contributed by atoms with Gasteiger partial charge < -0.3 is 0 Å². The van der Waals surface area contributed by atoms with E-state index in [2.05, 4.69) is 37.3 Å². The molecule has 0 saturated carbocycles. The van der Waals surface area contributed by atoms with Gasteiger partial charge in [-0.3, -0.25) is 0 Å². The summed E-state index contributed by atoms with van der Waals surface area (Å²) in [4.78, 5) is 0. The number of rotatable bonds is 11. The Morgan fingerprint density at radius 1 is 0.810 bits per heavy atom. The van der Waals surface area contributed by atoms with Crippen molar-refractivity contribution in [2.75, 3.05) is 0 Å². The van der Waals surface area contributed by atoms with Crippen LogP contribution in [0, 0.1) is 0 Å². The van der Waals surface area contributed by atoms with Gasteiger partial charge in [0, 0.05) is 0 Å². The summed E-state index contributed by atoms with van der Waals surface area (Å²) in [5.41, 5.74) is 4.49. The predicted molar refractivity (Wildman–Crippen MR) is 94.7 cm³/mol. The van der Waals surface area contributed by atoms with Crippen molar-refractivity contribution in [3.05, 3.63) is 41.0 Å². The number of aryl methyl sites for hydroxylation is 1. The van der Waals surface area contributed by atoms with Gasteiger partial charge in [-0.1, -0.05) is 95.1 Å². The molecule has 0 bridgehead atoms. The molecule has 0 radical (unpaired) electrons. The van der Waals surface area contributed by atoms with Crippen LogP contribution in [-0.2, 0) is 12.8 Å². The van der Waals surface area contributed by atoms with Crippen molar-refractivity contribution in [2.24, 2.45) is 0 Å². The van der Waals surface area contributed by atoms with Crippen molar-refractivity contribution in [1.29, 1.82) is 0 Å². The largest absolute Gasteiger partial charge is 0.0795 e. The van der Waals surface area contributed by atoms with Gasteiger partial charge in [0.05, 0.1) is 0 Å². The van der Waals surface area contributed by atoms with Gasteiger partial charge in [0.1, 0.15) is 0 Å². The number of fused-ring (bicyclic) bond motifs is 1. The monoisotopic (exact) mass is 284 g/mol. The molecule has 0 amide bonds. The van der Waals surface area contributed by atoms with Crippen LogP contribution < -0.4 is 0 Å². The first-order valence-corrected chi connectivity index (χ1v) is 9.18. The molecule has 0 spiro atoms. The van der Waals surface area contributed by atoms with E-state index in [1.54, 1.807) is 0 Å². The van der Waals surface area contributed by atoms with Crippen LogP contribution in [0.2, 0.25) is 0 Å². The van der Waals surface area contributed by atoms with Crippen LogP contribution in [0.1, 0.15) is 87.8 Å². The molecule has 0 atom stereocenters. The van der Waals surface area contributed by atoms with Gasteiger partial charge in [0.25, 0.3) is 0 Å². The number of hydrogen-bond donors (Lipinski definition) is 0. The second-order valence-electron chi connectivity index (χ2n) is 6.57. The average molecular weight is 284 g/mol. The molecule has 116 valence electrons. The van der Waals surface area contributed by atoms with Gasteiger partial charge in [-0.05, 0) is 36.0 Å². The zero-order valence-corrected chi connectivity index (χ0v) is 13.9. The maximum absolute atomic E-state index is 2.40. The highest BCUT2D eigenvalue weighted by Gasteiger charge is 2.05. The maximum atomic E-state index is 2.40. The molecule has 1 aliphatic rings. The highest BCUT2D eigenvalue weighted by atomic mass is 14.1. The fourth-order valence-electron chi connectivity index (χ4n) is 3.27. The molecule has 0 unspecified atom stereocenters. The van der Waals surface area contributed by atoms with Crippen molar-refractivity contribution < 1.29 is 0 Å². The van der Waals surface area contributed by atoms with E-state index in [0.717, 1.165) is 6.42 Å². The molecule has 0 saturated heterocycles. The van der Waals surface area contributed by atoms with Gasteiger partial charge in [-0.2, -0.15) is 0 Å². The van der Waals surface area contributed by atoms with Crippen LogP contribution in [0.4, 0.5) is 0 Å². The highest BCUT2D eigenvalue weighted by Crippen LogP contribution is 2.21. The standard InChI is InChI=1S/C21H32/c1-2-3-4-5-6-7-8-9-10-11-13-19-16-17-20-14-12-15-21(20)18-19/h12,15-18H,2-11,13-14H2,1H3. The van der Waals surface area contributed by atoms with Crippen LogP contribution >= 0.6 is 0 Å². The molecular weight excluding hydrogens is 252 g/mol. The summed E-state index contributed by atoms with van der Waals surface area (Å²) < 4.78 is 0. The van der Waals surface area contributed by atoms with Crippen molar-refractivity contribution in [3.8, 4) is 0 Å². The molecule has 21 heavy (non-hydrogen) atoms. The Kier molecular flexibility index (Phi) is 7.63. The van der Waals surface area contributed by atoms with E-state index in [9.17, 15) is 0 Å². The SMILES string of the molecule is CCCCCCCCCCCCc1ccc2c(c1)C=CC2. The van der Waals surface area contributed by atoms with Gasteiger partial charge in [-0.25, -0.2) is 0 Å². The summed E-state index contributed by atoms with van der Waals surface area (Å²) in [7, 11) is 0. The minimum Gasteiger partial charge on any atom is -0.0795 e. The lowest BCUT2D eigenvalue weighted by atomic mass is 10.0. The summed E-state index contributed by atoms with van der Waals surface area (Å²) in [6.45, 7) is 2.29. The number of hydrogen-bond acceptors (Lipinski definition) is 0. The summed E-state index contributed by atoms with van der Waals surface area (Å²) in [6.07, 6.45) is 21.2. The number of unbranched alkanes of at least 4 members (excludes halogenated alkanes) is 9. The molecule has 0 heterocycles. The van der Waals surface area contributed by atoms with Crippen molar-refractivity contribution in [2.45, 2.75) is 84.0 Å². The lowest BCUT2D eigenvalue weighted by molar-refractivity contribution is 0.556. The van der Waals surface area contributed by atoms with Crippen molar-refractivity contribution >= 4 is 6.08 Å². The highest BCUT2D eigenvalue weighted by molar-refractivity contribution is 5.60. The molecule has 0 fully saturated rings.